The van der Waals surface area contributed by atoms with Crippen LogP contribution in [0.2, 0.25) is 0 Å². The molecule has 2 heterocycles. The molecule has 0 aliphatic heterocycles. The van der Waals surface area contributed by atoms with Gasteiger partial charge in [0.25, 0.3) is 12.3 Å². The quantitative estimate of drug-likeness (QED) is 0.710. The van der Waals surface area contributed by atoms with E-state index < -0.39 is 13.0 Å². The number of carbonyl (C=O) groups is 2. The molecule has 0 unspecified atom stereocenters. The van der Waals surface area contributed by atoms with E-state index in [-0.39, 0.29) is 36.5 Å². The molecule has 0 aromatic carbocycles. The number of Topliss-reactive ketones (excluding diaryl/α,β-unsaturated/α-hetero) is 1. The first-order valence-corrected chi connectivity index (χ1v) is 8.89. The molecule has 0 atom stereocenters. The minimum atomic E-state index is -2.57. The van der Waals surface area contributed by atoms with Gasteiger partial charge in [0.05, 0.1) is 0 Å². The van der Waals surface area contributed by atoms with Crippen LogP contribution in [0.15, 0.2) is 30.5 Å². The van der Waals surface area contributed by atoms with E-state index in [1.54, 1.807) is 25.1 Å². The number of ketones is 1. The second-order valence-corrected chi connectivity index (χ2v) is 6.61. The van der Waals surface area contributed by atoms with Crippen LogP contribution in [0.1, 0.15) is 41.2 Å². The number of aryl methyl sites for hydroxylation is 1. The monoisotopic (exact) mass is 391 g/mol. The lowest BCUT2D eigenvalue weighted by atomic mass is 10.0. The number of aromatic nitrogens is 2. The molecule has 0 saturated heterocycles. The molecule has 0 radical (unpaired) electrons. The largest absolute Gasteiger partial charge is 0.472 e. The second kappa shape index (κ2) is 9.87. The molecule has 8 heteroatoms. The van der Waals surface area contributed by atoms with Crippen LogP contribution >= 0.6 is 0 Å². The topological polar surface area (TPSA) is 81.2 Å². The molecule has 0 saturated carbocycles. The van der Waals surface area contributed by atoms with E-state index in [1.807, 2.05) is 13.8 Å². The van der Waals surface area contributed by atoms with Crippen molar-refractivity contribution < 1.29 is 23.1 Å². The summed E-state index contributed by atoms with van der Waals surface area (Å²) in [6.07, 6.45) is -0.885. The molecule has 0 bridgehead atoms. The molecule has 6 nitrogen and oxygen atoms in total. The fourth-order valence-electron chi connectivity index (χ4n) is 2.36. The van der Waals surface area contributed by atoms with Gasteiger partial charge in [-0.05, 0) is 24.6 Å². The third-order valence-corrected chi connectivity index (χ3v) is 4.04. The molecule has 2 aromatic rings. The van der Waals surface area contributed by atoms with E-state index in [9.17, 15) is 18.4 Å². The van der Waals surface area contributed by atoms with Crippen LogP contribution in [0.25, 0.3) is 0 Å². The van der Waals surface area contributed by atoms with Gasteiger partial charge in [-0.2, -0.15) is 0 Å². The number of carbonyl (C=O) groups excluding carboxylic acids is 2. The van der Waals surface area contributed by atoms with Crippen molar-refractivity contribution in [2.24, 2.45) is 5.92 Å². The lowest BCUT2D eigenvalue weighted by molar-refractivity contribution is -0.121. The number of amides is 1. The Kier molecular flexibility index (Phi) is 7.54. The van der Waals surface area contributed by atoms with E-state index in [0.717, 1.165) is 5.56 Å². The third kappa shape index (κ3) is 6.37. The van der Waals surface area contributed by atoms with Gasteiger partial charge in [-0.1, -0.05) is 19.9 Å². The number of ether oxygens (including phenoxy) is 1. The molecule has 0 spiro atoms. The Morgan fingerprint density at radius 1 is 1.21 bits per heavy atom. The van der Waals surface area contributed by atoms with Crippen LogP contribution < -0.4 is 10.1 Å². The van der Waals surface area contributed by atoms with Gasteiger partial charge in [0.15, 0.2) is 6.61 Å². The van der Waals surface area contributed by atoms with E-state index in [2.05, 4.69) is 15.3 Å². The highest BCUT2D eigenvalue weighted by Crippen LogP contribution is 2.14. The standard InChI is InChI=1S/C20H23F2N3O3/c1-12(2)17(26)9-16-8-14(6-7-23-16)20(27)24-10-15-4-5-19(25-13(15)3)28-11-18(21)22/h4-8,12,18H,9-11H2,1-3H3,(H,24,27). The Bertz CT molecular complexity index is 841. The number of halogens is 2. The van der Waals surface area contributed by atoms with Crippen LogP contribution in [-0.4, -0.2) is 34.7 Å². The van der Waals surface area contributed by atoms with Gasteiger partial charge < -0.3 is 10.1 Å². The highest BCUT2D eigenvalue weighted by Gasteiger charge is 2.13. The van der Waals surface area contributed by atoms with Crippen LogP contribution in [-0.2, 0) is 17.8 Å². The number of hydrogen-bond donors (Lipinski definition) is 1. The second-order valence-electron chi connectivity index (χ2n) is 6.61. The third-order valence-electron chi connectivity index (χ3n) is 4.04. The van der Waals surface area contributed by atoms with Gasteiger partial charge in [0.2, 0.25) is 5.88 Å². The van der Waals surface area contributed by atoms with Crippen molar-refractivity contribution in [3.05, 3.63) is 53.0 Å². The van der Waals surface area contributed by atoms with Gasteiger partial charge >= 0.3 is 0 Å². The van der Waals surface area contributed by atoms with Crippen molar-refractivity contribution in [1.82, 2.24) is 15.3 Å². The summed E-state index contributed by atoms with van der Waals surface area (Å²) in [7, 11) is 0. The predicted octanol–water partition coefficient (Wildman–Crippen LogP) is 3.13. The highest BCUT2D eigenvalue weighted by molar-refractivity contribution is 5.94. The first kappa shape index (κ1) is 21.4. The molecule has 150 valence electrons. The van der Waals surface area contributed by atoms with Crippen LogP contribution in [0.5, 0.6) is 5.88 Å². The van der Waals surface area contributed by atoms with Gasteiger partial charge in [-0.25, -0.2) is 13.8 Å². The van der Waals surface area contributed by atoms with Crippen molar-refractivity contribution >= 4 is 11.7 Å². The Labute approximate surface area is 162 Å². The Hall–Kier alpha value is -2.90. The lowest BCUT2D eigenvalue weighted by Gasteiger charge is -2.10. The number of hydrogen-bond acceptors (Lipinski definition) is 5. The van der Waals surface area contributed by atoms with Crippen molar-refractivity contribution in [2.45, 2.75) is 40.2 Å². The molecule has 2 rings (SSSR count). The molecule has 0 fully saturated rings. The molecule has 1 N–H and O–H groups in total. The molecule has 0 aliphatic rings. The summed E-state index contributed by atoms with van der Waals surface area (Å²) >= 11 is 0. The molecule has 28 heavy (non-hydrogen) atoms. The fourth-order valence-corrected chi connectivity index (χ4v) is 2.36. The molecular formula is C20H23F2N3O3. The van der Waals surface area contributed by atoms with Crippen molar-refractivity contribution in [3.63, 3.8) is 0 Å². The molecular weight excluding hydrogens is 368 g/mol. The van der Waals surface area contributed by atoms with Crippen LogP contribution in [0.4, 0.5) is 8.78 Å². The molecule has 0 aliphatic carbocycles. The maximum atomic E-state index is 12.4. The van der Waals surface area contributed by atoms with Gasteiger partial charge in [-0.15, -0.1) is 0 Å². The minimum absolute atomic E-state index is 0.0564. The van der Waals surface area contributed by atoms with E-state index in [4.69, 9.17) is 4.74 Å². The average molecular weight is 391 g/mol. The normalized spacial score (nSPS) is 11.0. The van der Waals surface area contributed by atoms with Gasteiger partial charge in [0.1, 0.15) is 5.78 Å². The summed E-state index contributed by atoms with van der Waals surface area (Å²) in [6.45, 7) is 4.85. The Balaban J connectivity index is 1.97. The highest BCUT2D eigenvalue weighted by atomic mass is 19.3. The SMILES string of the molecule is Cc1nc(OCC(F)F)ccc1CNC(=O)c1ccnc(CC(=O)C(C)C)c1. The van der Waals surface area contributed by atoms with E-state index in [0.29, 0.717) is 17.0 Å². The summed E-state index contributed by atoms with van der Waals surface area (Å²) in [4.78, 5) is 32.5. The number of nitrogens with zero attached hydrogens (tertiary/aromatic N) is 2. The Morgan fingerprint density at radius 3 is 2.61 bits per heavy atom. The zero-order valence-corrected chi connectivity index (χ0v) is 16.0. The maximum Gasteiger partial charge on any atom is 0.272 e. The maximum absolute atomic E-state index is 12.4. The lowest BCUT2D eigenvalue weighted by Crippen LogP contribution is -2.24. The van der Waals surface area contributed by atoms with Gasteiger partial charge in [0, 0.05) is 48.1 Å². The van der Waals surface area contributed by atoms with E-state index in [1.165, 1.54) is 12.3 Å². The van der Waals surface area contributed by atoms with E-state index >= 15 is 0 Å². The minimum Gasteiger partial charge on any atom is -0.472 e. The van der Waals surface area contributed by atoms with Crippen molar-refractivity contribution in [3.8, 4) is 5.88 Å². The summed E-state index contributed by atoms with van der Waals surface area (Å²) in [6, 6.07) is 6.33. The first-order chi connectivity index (χ1) is 13.3. The number of nitrogens with one attached hydrogen (secondary N) is 1. The summed E-state index contributed by atoms with van der Waals surface area (Å²) < 4.78 is 29.2. The van der Waals surface area contributed by atoms with Crippen LogP contribution in [0.3, 0.4) is 0 Å². The summed E-state index contributed by atoms with van der Waals surface area (Å²) in [5.41, 5.74) is 2.26. The number of alkyl halides is 2. The number of pyridine rings is 2. The molecule has 2 aromatic heterocycles. The zero-order chi connectivity index (χ0) is 20.7. The molecule has 1 amide bonds. The smallest absolute Gasteiger partial charge is 0.272 e. The predicted molar refractivity (Wildman–Crippen MR) is 99.4 cm³/mol. The zero-order valence-electron chi connectivity index (χ0n) is 16.0. The summed E-state index contributed by atoms with van der Waals surface area (Å²) in [5, 5.41) is 2.78. The van der Waals surface area contributed by atoms with Gasteiger partial charge in [-0.3, -0.25) is 14.6 Å². The number of rotatable bonds is 9. The van der Waals surface area contributed by atoms with Crippen molar-refractivity contribution in [1.29, 1.82) is 0 Å². The van der Waals surface area contributed by atoms with Crippen LogP contribution in [0, 0.1) is 12.8 Å². The van der Waals surface area contributed by atoms with Crippen molar-refractivity contribution in [2.75, 3.05) is 6.61 Å². The first-order valence-electron chi connectivity index (χ1n) is 8.89. The Morgan fingerprint density at radius 2 is 1.96 bits per heavy atom. The fraction of sp³-hybridized carbons (Fsp3) is 0.400. The summed E-state index contributed by atoms with van der Waals surface area (Å²) in [5.74, 6) is -0.233. The average Bonchev–Trinajstić information content (AvgIpc) is 2.65.